The van der Waals surface area contributed by atoms with Gasteiger partial charge >= 0.3 is 5.97 Å². The van der Waals surface area contributed by atoms with Crippen LogP contribution < -0.4 is 0 Å². The molecular weight excluding hydrogens is 356 g/mol. The van der Waals surface area contributed by atoms with E-state index in [4.69, 9.17) is 4.74 Å². The zero-order chi connectivity index (χ0) is 19.9. The molecule has 1 saturated heterocycles. The van der Waals surface area contributed by atoms with Crippen molar-refractivity contribution in [3.05, 3.63) is 52.8 Å². The molecule has 0 bridgehead atoms. The molecule has 0 aliphatic carbocycles. The summed E-state index contributed by atoms with van der Waals surface area (Å²) >= 11 is 0. The highest BCUT2D eigenvalue weighted by molar-refractivity contribution is 5.88. The van der Waals surface area contributed by atoms with Gasteiger partial charge in [0.05, 0.1) is 12.8 Å². The maximum Gasteiger partial charge on any atom is 0.356 e. The Labute approximate surface area is 166 Å². The standard InChI is InChI=1S/C21H30N4O3/c1-3-28-21(27)20-18(12-22-23-20)13-24-9-10-25(19(15-24)8-11-26)14-17-7-5-4-6-16(17)2/h4-7,12,19,26H,3,8-11,13-15H2,1-2H3,(H,22,23)/t19-/m1/s1. The molecule has 1 atom stereocenters. The molecule has 2 aromatic rings. The van der Waals surface area contributed by atoms with E-state index in [0.717, 1.165) is 38.2 Å². The third-order valence-corrected chi connectivity index (χ3v) is 5.38. The number of esters is 1. The summed E-state index contributed by atoms with van der Waals surface area (Å²) in [6.45, 7) is 8.65. The van der Waals surface area contributed by atoms with Crippen molar-refractivity contribution in [3.8, 4) is 0 Å². The number of aliphatic hydroxyl groups is 1. The molecule has 1 fully saturated rings. The molecule has 1 aliphatic heterocycles. The van der Waals surface area contributed by atoms with Gasteiger partial charge in [-0.1, -0.05) is 24.3 Å². The van der Waals surface area contributed by atoms with Gasteiger partial charge in [0, 0.05) is 50.9 Å². The number of nitrogens with one attached hydrogen (secondary N) is 1. The van der Waals surface area contributed by atoms with Crippen LogP contribution in [0.4, 0.5) is 0 Å². The molecule has 0 saturated carbocycles. The quantitative estimate of drug-likeness (QED) is 0.675. The lowest BCUT2D eigenvalue weighted by Gasteiger charge is -2.41. The summed E-state index contributed by atoms with van der Waals surface area (Å²) in [7, 11) is 0. The van der Waals surface area contributed by atoms with Crippen molar-refractivity contribution in [3.63, 3.8) is 0 Å². The summed E-state index contributed by atoms with van der Waals surface area (Å²) < 4.78 is 5.10. The third kappa shape index (κ3) is 4.98. The van der Waals surface area contributed by atoms with Crippen molar-refractivity contribution in [2.45, 2.75) is 39.4 Å². The first-order chi connectivity index (χ1) is 13.6. The lowest BCUT2D eigenvalue weighted by atomic mass is 10.0. The van der Waals surface area contributed by atoms with Gasteiger partial charge in [0.25, 0.3) is 0 Å². The first-order valence-corrected chi connectivity index (χ1v) is 9.93. The fourth-order valence-corrected chi connectivity index (χ4v) is 3.79. The van der Waals surface area contributed by atoms with Crippen molar-refractivity contribution in [2.24, 2.45) is 0 Å². The monoisotopic (exact) mass is 386 g/mol. The lowest BCUT2D eigenvalue weighted by molar-refractivity contribution is 0.0474. The molecule has 2 heterocycles. The molecule has 0 unspecified atom stereocenters. The van der Waals surface area contributed by atoms with Crippen LogP contribution in [0.25, 0.3) is 0 Å². The zero-order valence-electron chi connectivity index (χ0n) is 16.7. The fourth-order valence-electron chi connectivity index (χ4n) is 3.79. The number of aromatic nitrogens is 2. The molecule has 0 radical (unpaired) electrons. The first kappa shape index (κ1) is 20.5. The molecule has 0 amide bonds. The minimum absolute atomic E-state index is 0.169. The largest absolute Gasteiger partial charge is 0.461 e. The van der Waals surface area contributed by atoms with E-state index in [1.165, 1.54) is 11.1 Å². The number of ether oxygens (including phenoxy) is 1. The highest BCUT2D eigenvalue weighted by Crippen LogP contribution is 2.20. The van der Waals surface area contributed by atoms with Crippen LogP contribution in [0.1, 0.15) is 40.5 Å². The van der Waals surface area contributed by atoms with Crippen molar-refractivity contribution in [1.82, 2.24) is 20.0 Å². The molecule has 0 spiro atoms. The Morgan fingerprint density at radius 1 is 1.29 bits per heavy atom. The number of aryl methyl sites for hydroxylation is 1. The van der Waals surface area contributed by atoms with E-state index in [2.05, 4.69) is 51.2 Å². The number of nitrogens with zero attached hydrogens (tertiary/aromatic N) is 3. The Bertz CT molecular complexity index is 777. The van der Waals surface area contributed by atoms with Gasteiger partial charge in [-0.3, -0.25) is 14.9 Å². The van der Waals surface area contributed by atoms with Gasteiger partial charge in [-0.05, 0) is 31.4 Å². The van der Waals surface area contributed by atoms with E-state index < -0.39 is 0 Å². The summed E-state index contributed by atoms with van der Waals surface area (Å²) in [5, 5.41) is 16.3. The van der Waals surface area contributed by atoms with E-state index in [1.807, 2.05) is 0 Å². The summed E-state index contributed by atoms with van der Waals surface area (Å²) in [6.07, 6.45) is 2.44. The molecule has 7 nitrogen and oxygen atoms in total. The minimum Gasteiger partial charge on any atom is -0.461 e. The number of rotatable bonds is 8. The Balaban J connectivity index is 1.65. The summed E-state index contributed by atoms with van der Waals surface area (Å²) in [5.41, 5.74) is 3.92. The van der Waals surface area contributed by atoms with Crippen molar-refractivity contribution < 1.29 is 14.6 Å². The summed E-state index contributed by atoms with van der Waals surface area (Å²) in [6, 6.07) is 8.73. The number of hydrogen-bond acceptors (Lipinski definition) is 6. The van der Waals surface area contributed by atoms with Crippen LogP contribution in [0.15, 0.2) is 30.5 Å². The van der Waals surface area contributed by atoms with Crippen LogP contribution in [0.5, 0.6) is 0 Å². The average Bonchev–Trinajstić information content (AvgIpc) is 3.14. The molecule has 3 rings (SSSR count). The Hall–Kier alpha value is -2.22. The Morgan fingerprint density at radius 3 is 2.86 bits per heavy atom. The molecule has 28 heavy (non-hydrogen) atoms. The predicted octanol–water partition coefficient (Wildman–Crippen LogP) is 1.96. The molecule has 7 heteroatoms. The van der Waals surface area contributed by atoms with Crippen molar-refractivity contribution in [1.29, 1.82) is 0 Å². The van der Waals surface area contributed by atoms with Gasteiger partial charge in [0.15, 0.2) is 0 Å². The number of H-pyrrole nitrogens is 1. The number of benzene rings is 1. The summed E-state index contributed by atoms with van der Waals surface area (Å²) in [4.78, 5) is 16.8. The van der Waals surface area contributed by atoms with Crippen LogP contribution in [0.3, 0.4) is 0 Å². The number of carbonyl (C=O) groups excluding carboxylic acids is 1. The Morgan fingerprint density at radius 2 is 2.11 bits per heavy atom. The van der Waals surface area contributed by atoms with Crippen LogP contribution in [0.2, 0.25) is 0 Å². The molecule has 152 valence electrons. The molecule has 1 aliphatic rings. The topological polar surface area (TPSA) is 81.7 Å². The second-order valence-corrected chi connectivity index (χ2v) is 7.29. The second kappa shape index (κ2) is 9.82. The van der Waals surface area contributed by atoms with Gasteiger partial charge < -0.3 is 9.84 Å². The van der Waals surface area contributed by atoms with Gasteiger partial charge in [-0.2, -0.15) is 5.10 Å². The number of aliphatic hydroxyl groups excluding tert-OH is 1. The smallest absolute Gasteiger partial charge is 0.356 e. The highest BCUT2D eigenvalue weighted by atomic mass is 16.5. The first-order valence-electron chi connectivity index (χ1n) is 9.93. The SMILES string of the molecule is CCOC(=O)c1[nH]ncc1CN1CCN(Cc2ccccc2C)[C@H](CCO)C1. The molecular formula is C21H30N4O3. The normalized spacial score (nSPS) is 18.3. The van der Waals surface area contributed by atoms with Crippen LogP contribution in [0, 0.1) is 6.92 Å². The maximum absolute atomic E-state index is 12.1. The van der Waals surface area contributed by atoms with Gasteiger partial charge in [-0.25, -0.2) is 4.79 Å². The van der Waals surface area contributed by atoms with E-state index in [9.17, 15) is 9.90 Å². The van der Waals surface area contributed by atoms with E-state index in [-0.39, 0.29) is 18.6 Å². The molecule has 2 N–H and O–H groups in total. The van der Waals surface area contributed by atoms with Crippen LogP contribution >= 0.6 is 0 Å². The zero-order valence-corrected chi connectivity index (χ0v) is 16.7. The van der Waals surface area contributed by atoms with E-state index in [0.29, 0.717) is 18.8 Å². The number of piperazine rings is 1. The third-order valence-electron chi connectivity index (χ3n) is 5.38. The van der Waals surface area contributed by atoms with Crippen molar-refractivity contribution in [2.75, 3.05) is 32.8 Å². The van der Waals surface area contributed by atoms with Crippen molar-refractivity contribution >= 4 is 5.97 Å². The van der Waals surface area contributed by atoms with Crippen LogP contribution in [-0.4, -0.2) is 70.0 Å². The fraction of sp³-hybridized carbons (Fsp3) is 0.524. The highest BCUT2D eigenvalue weighted by Gasteiger charge is 2.28. The molecule has 1 aromatic heterocycles. The Kier molecular flexibility index (Phi) is 7.19. The van der Waals surface area contributed by atoms with Gasteiger partial charge in [0.1, 0.15) is 5.69 Å². The number of hydrogen-bond donors (Lipinski definition) is 2. The van der Waals surface area contributed by atoms with Gasteiger partial charge in [-0.15, -0.1) is 0 Å². The average molecular weight is 386 g/mol. The van der Waals surface area contributed by atoms with E-state index >= 15 is 0 Å². The summed E-state index contributed by atoms with van der Waals surface area (Å²) in [5.74, 6) is -0.361. The minimum atomic E-state index is -0.361. The number of carbonyl (C=O) groups is 1. The van der Waals surface area contributed by atoms with E-state index in [1.54, 1.807) is 13.1 Å². The van der Waals surface area contributed by atoms with Gasteiger partial charge in [0.2, 0.25) is 0 Å². The lowest BCUT2D eigenvalue weighted by Crippen LogP contribution is -2.52. The number of aromatic amines is 1. The predicted molar refractivity (Wildman–Crippen MR) is 107 cm³/mol. The maximum atomic E-state index is 12.1. The van der Waals surface area contributed by atoms with Crippen LogP contribution in [-0.2, 0) is 17.8 Å². The second-order valence-electron chi connectivity index (χ2n) is 7.29. The molecule has 1 aromatic carbocycles.